The van der Waals surface area contributed by atoms with E-state index in [9.17, 15) is 4.79 Å². The summed E-state index contributed by atoms with van der Waals surface area (Å²) in [6, 6.07) is 3.33. The van der Waals surface area contributed by atoms with Crippen molar-refractivity contribution in [3.05, 3.63) is 24.0 Å². The van der Waals surface area contributed by atoms with Crippen molar-refractivity contribution >= 4 is 24.0 Å². The third kappa shape index (κ3) is 4.36. The van der Waals surface area contributed by atoms with Crippen molar-refractivity contribution in [1.29, 1.82) is 0 Å². The van der Waals surface area contributed by atoms with Crippen LogP contribution in [0.3, 0.4) is 0 Å². The van der Waals surface area contributed by atoms with Gasteiger partial charge in [-0.2, -0.15) is 0 Å². The van der Waals surface area contributed by atoms with Crippen LogP contribution in [0.5, 0.6) is 0 Å². The Morgan fingerprint density at radius 2 is 2.32 bits per heavy atom. The maximum absolute atomic E-state index is 12.1. The lowest BCUT2D eigenvalue weighted by atomic mass is 10.1. The third-order valence-electron chi connectivity index (χ3n) is 3.10. The molecule has 0 saturated carbocycles. The number of ether oxygens (including phenoxy) is 1. The standard InChI is InChI=1S/C13H19N3O2.ClH/c1-16(9-11-4-2-3-7-18-11)13(17)12-6-5-10(14)8-15-12;/h5-6,8,11H,2-4,7,9,14H2,1H3;1H. The van der Waals surface area contributed by atoms with Crippen LogP contribution < -0.4 is 5.73 Å². The van der Waals surface area contributed by atoms with E-state index < -0.39 is 0 Å². The molecule has 1 aromatic rings. The van der Waals surface area contributed by atoms with Crippen LogP contribution in [0, 0.1) is 0 Å². The Hall–Kier alpha value is -1.33. The lowest BCUT2D eigenvalue weighted by molar-refractivity contribution is -0.000289. The second kappa shape index (κ2) is 7.31. The van der Waals surface area contributed by atoms with Gasteiger partial charge in [-0.15, -0.1) is 12.4 Å². The lowest BCUT2D eigenvalue weighted by Crippen LogP contribution is -2.37. The van der Waals surface area contributed by atoms with Gasteiger partial charge in [-0.05, 0) is 31.4 Å². The number of nitrogens with zero attached hydrogens (tertiary/aromatic N) is 2. The first-order valence-corrected chi connectivity index (χ1v) is 6.25. The van der Waals surface area contributed by atoms with E-state index in [1.165, 1.54) is 12.6 Å². The van der Waals surface area contributed by atoms with Gasteiger partial charge in [0.05, 0.1) is 18.0 Å². The molecule has 5 nitrogen and oxygen atoms in total. The highest BCUT2D eigenvalue weighted by Gasteiger charge is 2.20. The number of hydrogen-bond donors (Lipinski definition) is 1. The fraction of sp³-hybridized carbons (Fsp3) is 0.538. The van der Waals surface area contributed by atoms with Crippen LogP contribution in [-0.2, 0) is 4.74 Å². The van der Waals surface area contributed by atoms with Crippen molar-refractivity contribution in [2.24, 2.45) is 0 Å². The van der Waals surface area contributed by atoms with E-state index in [1.807, 2.05) is 0 Å². The molecule has 2 N–H and O–H groups in total. The molecule has 0 bridgehead atoms. The van der Waals surface area contributed by atoms with Crippen molar-refractivity contribution in [3.63, 3.8) is 0 Å². The Bertz CT molecular complexity index is 405. The first-order valence-electron chi connectivity index (χ1n) is 6.25. The zero-order chi connectivity index (χ0) is 13.0. The molecular formula is C13H20ClN3O2. The number of nitrogens with two attached hydrogens (primary N) is 1. The van der Waals surface area contributed by atoms with E-state index in [1.54, 1.807) is 24.1 Å². The zero-order valence-corrected chi connectivity index (χ0v) is 11.9. The molecule has 1 aliphatic heterocycles. The number of halogens is 1. The second-order valence-electron chi connectivity index (χ2n) is 4.65. The number of aromatic nitrogens is 1. The molecule has 1 amide bonds. The van der Waals surface area contributed by atoms with Crippen molar-refractivity contribution in [2.75, 3.05) is 25.9 Å². The molecule has 2 rings (SSSR count). The highest BCUT2D eigenvalue weighted by atomic mass is 35.5. The molecule has 1 fully saturated rings. The van der Waals surface area contributed by atoms with E-state index in [0.29, 0.717) is 17.9 Å². The third-order valence-corrected chi connectivity index (χ3v) is 3.10. The number of carbonyl (C=O) groups is 1. The van der Waals surface area contributed by atoms with Gasteiger partial charge >= 0.3 is 0 Å². The molecule has 1 unspecified atom stereocenters. The summed E-state index contributed by atoms with van der Waals surface area (Å²) in [6.07, 6.45) is 4.97. The van der Waals surface area contributed by atoms with E-state index in [0.717, 1.165) is 19.4 Å². The van der Waals surface area contributed by atoms with Crippen LogP contribution >= 0.6 is 12.4 Å². The highest BCUT2D eigenvalue weighted by Crippen LogP contribution is 2.14. The van der Waals surface area contributed by atoms with E-state index in [4.69, 9.17) is 10.5 Å². The van der Waals surface area contributed by atoms with E-state index in [-0.39, 0.29) is 24.4 Å². The normalized spacial score (nSPS) is 18.5. The maximum atomic E-state index is 12.1. The summed E-state index contributed by atoms with van der Waals surface area (Å²) in [6.45, 7) is 1.41. The quantitative estimate of drug-likeness (QED) is 0.918. The van der Waals surface area contributed by atoms with E-state index in [2.05, 4.69) is 4.98 Å². The predicted octanol–water partition coefficient (Wildman–Crippen LogP) is 1.73. The fourth-order valence-corrected chi connectivity index (χ4v) is 2.07. The molecule has 0 aromatic carbocycles. The minimum atomic E-state index is -0.0934. The van der Waals surface area contributed by atoms with E-state index >= 15 is 0 Å². The molecule has 0 aliphatic carbocycles. The number of carbonyl (C=O) groups excluding carboxylic acids is 1. The predicted molar refractivity (Wildman–Crippen MR) is 76.4 cm³/mol. The topological polar surface area (TPSA) is 68.5 Å². The average Bonchev–Trinajstić information content (AvgIpc) is 2.40. The number of pyridine rings is 1. The van der Waals surface area contributed by atoms with Gasteiger partial charge in [0.25, 0.3) is 5.91 Å². The Morgan fingerprint density at radius 1 is 1.53 bits per heavy atom. The van der Waals surface area contributed by atoms with Gasteiger partial charge in [-0.25, -0.2) is 4.98 Å². The second-order valence-corrected chi connectivity index (χ2v) is 4.65. The fourth-order valence-electron chi connectivity index (χ4n) is 2.07. The molecule has 2 heterocycles. The summed E-state index contributed by atoms with van der Waals surface area (Å²) < 4.78 is 5.62. The van der Waals surface area contributed by atoms with Gasteiger partial charge in [0.15, 0.2) is 0 Å². The summed E-state index contributed by atoms with van der Waals surface area (Å²) in [5.41, 5.74) is 6.52. The number of anilines is 1. The summed E-state index contributed by atoms with van der Waals surface area (Å²) in [5.74, 6) is -0.0934. The number of amides is 1. The molecule has 1 atom stereocenters. The van der Waals surface area contributed by atoms with Crippen LogP contribution in [0.25, 0.3) is 0 Å². The molecule has 1 saturated heterocycles. The molecule has 0 spiro atoms. The molecular weight excluding hydrogens is 266 g/mol. The van der Waals surface area contributed by atoms with Gasteiger partial charge in [-0.1, -0.05) is 0 Å². The molecule has 106 valence electrons. The van der Waals surface area contributed by atoms with Gasteiger partial charge in [-0.3, -0.25) is 4.79 Å². The number of rotatable bonds is 3. The Labute approximate surface area is 119 Å². The van der Waals surface area contributed by atoms with Crippen molar-refractivity contribution in [2.45, 2.75) is 25.4 Å². The minimum Gasteiger partial charge on any atom is -0.397 e. The minimum absolute atomic E-state index is 0. The number of nitrogen functional groups attached to an aromatic ring is 1. The largest absolute Gasteiger partial charge is 0.397 e. The maximum Gasteiger partial charge on any atom is 0.272 e. The number of hydrogen-bond acceptors (Lipinski definition) is 4. The highest BCUT2D eigenvalue weighted by molar-refractivity contribution is 5.92. The SMILES string of the molecule is CN(CC1CCCCO1)C(=O)c1ccc(N)cn1.Cl. The van der Waals surface area contributed by atoms with Crippen LogP contribution in [0.15, 0.2) is 18.3 Å². The summed E-state index contributed by atoms with van der Waals surface area (Å²) >= 11 is 0. The van der Waals surface area contributed by atoms with Gasteiger partial charge < -0.3 is 15.4 Å². The molecule has 0 radical (unpaired) electrons. The summed E-state index contributed by atoms with van der Waals surface area (Å²) in [7, 11) is 1.78. The Morgan fingerprint density at radius 3 is 2.89 bits per heavy atom. The molecule has 19 heavy (non-hydrogen) atoms. The lowest BCUT2D eigenvalue weighted by Gasteiger charge is -2.27. The van der Waals surface area contributed by atoms with Crippen molar-refractivity contribution < 1.29 is 9.53 Å². The van der Waals surface area contributed by atoms with Crippen LogP contribution in [0.4, 0.5) is 5.69 Å². The summed E-state index contributed by atoms with van der Waals surface area (Å²) in [5, 5.41) is 0. The van der Waals surface area contributed by atoms with Crippen LogP contribution in [0.1, 0.15) is 29.8 Å². The van der Waals surface area contributed by atoms with Gasteiger partial charge in [0, 0.05) is 20.2 Å². The molecule has 1 aromatic heterocycles. The Kier molecular flexibility index (Phi) is 6.05. The summed E-state index contributed by atoms with van der Waals surface area (Å²) in [4.78, 5) is 17.8. The smallest absolute Gasteiger partial charge is 0.272 e. The first-order chi connectivity index (χ1) is 8.66. The average molecular weight is 286 g/mol. The van der Waals surface area contributed by atoms with Gasteiger partial charge in [0.2, 0.25) is 0 Å². The first kappa shape index (κ1) is 15.7. The van der Waals surface area contributed by atoms with Crippen LogP contribution in [-0.4, -0.2) is 42.1 Å². The number of likely N-dealkylation sites (N-methyl/N-ethyl adjacent to an activating group) is 1. The molecule has 1 aliphatic rings. The van der Waals surface area contributed by atoms with Crippen molar-refractivity contribution in [3.8, 4) is 0 Å². The van der Waals surface area contributed by atoms with Crippen LogP contribution in [0.2, 0.25) is 0 Å². The monoisotopic (exact) mass is 285 g/mol. The van der Waals surface area contributed by atoms with Crippen molar-refractivity contribution in [1.82, 2.24) is 9.88 Å². The Balaban J connectivity index is 0.00000180. The molecule has 6 heteroatoms. The zero-order valence-electron chi connectivity index (χ0n) is 11.0. The van der Waals surface area contributed by atoms with Gasteiger partial charge in [0.1, 0.15) is 5.69 Å².